The number of phosphoric acid groups is 1. The van der Waals surface area contributed by atoms with Crippen LogP contribution in [0.15, 0.2) is 60.7 Å². The third-order valence-corrected chi connectivity index (χ3v) is 4.35. The summed E-state index contributed by atoms with van der Waals surface area (Å²) in [5.74, 6) is 0.213. The average molecular weight is 350 g/mol. The highest BCUT2D eigenvalue weighted by Crippen LogP contribution is 2.47. The zero-order valence-electron chi connectivity index (χ0n) is 13.3. The summed E-state index contributed by atoms with van der Waals surface area (Å²) in [6.45, 7) is 0. The number of rotatable bonds is 2. The van der Waals surface area contributed by atoms with Crippen LogP contribution in [0.2, 0.25) is 0 Å². The lowest BCUT2D eigenvalue weighted by molar-refractivity contribution is -0.0224. The maximum Gasteiger partial charge on any atom is 0.466 e. The lowest BCUT2D eigenvalue weighted by atomic mass is 9.69. The summed E-state index contributed by atoms with van der Waals surface area (Å²) in [6.07, 6.45) is 4.23. The van der Waals surface area contributed by atoms with Crippen LogP contribution in [0.3, 0.4) is 0 Å². The molecular weight excluding hydrogens is 327 g/mol. The number of aliphatic hydroxyl groups is 1. The average Bonchev–Trinajstić information content (AvgIpc) is 2.55. The van der Waals surface area contributed by atoms with Gasteiger partial charge in [-0.1, -0.05) is 73.5 Å². The van der Waals surface area contributed by atoms with Crippen LogP contribution >= 0.6 is 7.82 Å². The van der Waals surface area contributed by atoms with Crippen LogP contribution in [0.25, 0.3) is 0 Å². The molecule has 0 heterocycles. The first-order chi connectivity index (χ1) is 11.3. The first-order valence-electron chi connectivity index (χ1n) is 7.92. The molecule has 1 fully saturated rings. The molecule has 5 nitrogen and oxygen atoms in total. The molecule has 0 aliphatic heterocycles. The molecule has 2 atom stereocenters. The second-order valence-corrected chi connectivity index (χ2v) is 7.04. The van der Waals surface area contributed by atoms with E-state index in [0.717, 1.165) is 24.8 Å². The van der Waals surface area contributed by atoms with Crippen molar-refractivity contribution in [2.75, 3.05) is 0 Å². The Kier molecular flexibility index (Phi) is 6.33. The van der Waals surface area contributed by atoms with Gasteiger partial charge in [0.25, 0.3) is 0 Å². The van der Waals surface area contributed by atoms with E-state index < -0.39 is 13.4 Å². The summed E-state index contributed by atoms with van der Waals surface area (Å²) < 4.78 is 8.88. The van der Waals surface area contributed by atoms with Crippen molar-refractivity contribution < 1.29 is 24.4 Å². The topological polar surface area (TPSA) is 98.0 Å². The van der Waals surface area contributed by atoms with E-state index in [1.54, 1.807) is 0 Å². The van der Waals surface area contributed by atoms with Crippen molar-refractivity contribution in [3.63, 3.8) is 0 Å². The fourth-order valence-corrected chi connectivity index (χ4v) is 3.36. The molecular formula is C18H23O5P. The van der Waals surface area contributed by atoms with Gasteiger partial charge in [-0.25, -0.2) is 4.57 Å². The molecule has 2 aromatic rings. The van der Waals surface area contributed by atoms with Crippen LogP contribution in [0.5, 0.6) is 0 Å². The van der Waals surface area contributed by atoms with E-state index in [9.17, 15) is 5.11 Å². The minimum atomic E-state index is -4.64. The third-order valence-electron chi connectivity index (χ3n) is 4.35. The minimum Gasteiger partial charge on any atom is -0.385 e. The van der Waals surface area contributed by atoms with Gasteiger partial charge in [-0.05, 0) is 24.0 Å². The van der Waals surface area contributed by atoms with E-state index >= 15 is 0 Å². The molecule has 0 saturated heterocycles. The van der Waals surface area contributed by atoms with Crippen molar-refractivity contribution in [3.05, 3.63) is 71.8 Å². The summed E-state index contributed by atoms with van der Waals surface area (Å²) >= 11 is 0. The molecule has 0 amide bonds. The van der Waals surface area contributed by atoms with Crippen LogP contribution in [-0.2, 0) is 10.2 Å². The van der Waals surface area contributed by atoms with Gasteiger partial charge in [0.15, 0.2) is 0 Å². The van der Waals surface area contributed by atoms with Gasteiger partial charge in [-0.3, -0.25) is 0 Å². The van der Waals surface area contributed by atoms with Crippen LogP contribution in [-0.4, -0.2) is 19.8 Å². The fourth-order valence-electron chi connectivity index (χ4n) is 3.36. The van der Waals surface area contributed by atoms with Gasteiger partial charge in [0.2, 0.25) is 0 Å². The Morgan fingerprint density at radius 2 is 1.38 bits per heavy atom. The van der Waals surface area contributed by atoms with E-state index in [0.29, 0.717) is 0 Å². The molecule has 24 heavy (non-hydrogen) atoms. The standard InChI is InChI=1S/C18H20O.H3O4P/c19-18(16-11-5-2-6-12-16)14-8-7-13-17(18)15-9-3-1-4-10-15;1-5(2,3)4/h1-6,9-12,17,19H,7-8,13-14H2;(H3,1,2,3,4). The molecule has 1 aliphatic rings. The normalized spacial score (nSPS) is 23.9. The Bertz CT molecular complexity index is 662. The quantitative estimate of drug-likeness (QED) is 0.623. The van der Waals surface area contributed by atoms with Crippen LogP contribution < -0.4 is 0 Å². The summed E-state index contributed by atoms with van der Waals surface area (Å²) in [7, 11) is -4.64. The van der Waals surface area contributed by atoms with Crippen molar-refractivity contribution in [2.45, 2.75) is 37.2 Å². The molecule has 0 bridgehead atoms. The molecule has 3 rings (SSSR count). The highest BCUT2D eigenvalue weighted by Gasteiger charge is 2.40. The Morgan fingerprint density at radius 1 is 0.875 bits per heavy atom. The maximum atomic E-state index is 11.3. The lowest BCUT2D eigenvalue weighted by Crippen LogP contribution is -2.36. The van der Waals surface area contributed by atoms with Crippen molar-refractivity contribution in [1.82, 2.24) is 0 Å². The van der Waals surface area contributed by atoms with Gasteiger partial charge in [0, 0.05) is 5.92 Å². The second kappa shape index (κ2) is 8.06. The molecule has 130 valence electrons. The van der Waals surface area contributed by atoms with E-state index in [1.165, 1.54) is 12.0 Å². The second-order valence-electron chi connectivity index (χ2n) is 6.01. The molecule has 0 aromatic heterocycles. The number of benzene rings is 2. The predicted molar refractivity (Wildman–Crippen MR) is 92.3 cm³/mol. The Balaban J connectivity index is 0.000000368. The summed E-state index contributed by atoms with van der Waals surface area (Å²) in [4.78, 5) is 21.6. The van der Waals surface area contributed by atoms with Crippen LogP contribution in [0.4, 0.5) is 0 Å². The zero-order valence-corrected chi connectivity index (χ0v) is 14.2. The minimum absolute atomic E-state index is 0.213. The largest absolute Gasteiger partial charge is 0.466 e. The molecule has 1 aliphatic carbocycles. The molecule has 6 heteroatoms. The number of hydrogen-bond donors (Lipinski definition) is 4. The highest BCUT2D eigenvalue weighted by molar-refractivity contribution is 7.45. The van der Waals surface area contributed by atoms with Crippen LogP contribution in [0.1, 0.15) is 42.7 Å². The van der Waals surface area contributed by atoms with Crippen molar-refractivity contribution >= 4 is 7.82 Å². The Hall–Kier alpha value is -1.49. The molecule has 0 radical (unpaired) electrons. The van der Waals surface area contributed by atoms with E-state index in [2.05, 4.69) is 36.4 Å². The predicted octanol–water partition coefficient (Wildman–Crippen LogP) is 3.30. The molecule has 2 aromatic carbocycles. The first-order valence-corrected chi connectivity index (χ1v) is 9.48. The fraction of sp³-hybridized carbons (Fsp3) is 0.333. The van der Waals surface area contributed by atoms with Crippen molar-refractivity contribution in [1.29, 1.82) is 0 Å². The van der Waals surface area contributed by atoms with Crippen molar-refractivity contribution in [2.24, 2.45) is 0 Å². The molecule has 0 spiro atoms. The zero-order chi connectivity index (χ0) is 17.6. The molecule has 2 unspecified atom stereocenters. The summed E-state index contributed by atoms with van der Waals surface area (Å²) in [6, 6.07) is 20.6. The Labute approximate surface area is 141 Å². The van der Waals surface area contributed by atoms with Gasteiger partial charge in [-0.2, -0.15) is 0 Å². The van der Waals surface area contributed by atoms with Crippen LogP contribution in [0, 0.1) is 0 Å². The van der Waals surface area contributed by atoms with Gasteiger partial charge >= 0.3 is 7.82 Å². The highest BCUT2D eigenvalue weighted by atomic mass is 31.2. The smallest absolute Gasteiger partial charge is 0.385 e. The van der Waals surface area contributed by atoms with Gasteiger partial charge < -0.3 is 19.8 Å². The lowest BCUT2D eigenvalue weighted by Gasteiger charge is -2.41. The first kappa shape index (κ1) is 18.8. The van der Waals surface area contributed by atoms with E-state index in [4.69, 9.17) is 19.2 Å². The SMILES string of the molecule is O=P(O)(O)O.OC1(c2ccccc2)CCCCC1c1ccccc1. The summed E-state index contributed by atoms with van der Waals surface area (Å²) in [5.41, 5.74) is 1.61. The van der Waals surface area contributed by atoms with E-state index in [-0.39, 0.29) is 5.92 Å². The molecule has 1 saturated carbocycles. The van der Waals surface area contributed by atoms with Gasteiger partial charge in [-0.15, -0.1) is 0 Å². The molecule has 4 N–H and O–H groups in total. The maximum absolute atomic E-state index is 11.3. The number of hydrogen-bond acceptors (Lipinski definition) is 2. The van der Waals surface area contributed by atoms with Crippen molar-refractivity contribution in [3.8, 4) is 0 Å². The Morgan fingerprint density at radius 3 is 1.92 bits per heavy atom. The van der Waals surface area contributed by atoms with Gasteiger partial charge in [0.05, 0.1) is 5.60 Å². The van der Waals surface area contributed by atoms with Gasteiger partial charge in [0.1, 0.15) is 0 Å². The summed E-state index contributed by atoms with van der Waals surface area (Å²) in [5, 5.41) is 11.3. The third kappa shape index (κ3) is 5.26. The monoisotopic (exact) mass is 350 g/mol. The van der Waals surface area contributed by atoms with E-state index in [1.807, 2.05) is 24.3 Å².